The summed E-state index contributed by atoms with van der Waals surface area (Å²) in [6.45, 7) is 0. The average molecular weight is 724 g/mol. The summed E-state index contributed by atoms with van der Waals surface area (Å²) < 4.78 is 4.82. The summed E-state index contributed by atoms with van der Waals surface area (Å²) in [6, 6.07) is 73.7. The zero-order valence-electron chi connectivity index (χ0n) is 30.9. The molecule has 1 spiro atoms. The number of hydrogen-bond donors (Lipinski definition) is 0. The van der Waals surface area contributed by atoms with Crippen molar-refractivity contribution in [3.63, 3.8) is 0 Å². The molecule has 9 aromatic carbocycles. The van der Waals surface area contributed by atoms with E-state index in [-0.39, 0.29) is 0 Å². The van der Waals surface area contributed by atoms with E-state index in [9.17, 15) is 0 Å². The van der Waals surface area contributed by atoms with Crippen LogP contribution >= 0.6 is 0 Å². The van der Waals surface area contributed by atoms with Crippen LogP contribution in [0.4, 0.5) is 0 Å². The molecule has 2 aromatic heterocycles. The van der Waals surface area contributed by atoms with Gasteiger partial charge in [0.15, 0.2) is 0 Å². The van der Waals surface area contributed by atoms with E-state index < -0.39 is 5.41 Å². The molecule has 57 heavy (non-hydrogen) atoms. The minimum Gasteiger partial charge on any atom is -0.309 e. The van der Waals surface area contributed by atoms with E-state index in [1.165, 1.54) is 82.8 Å². The van der Waals surface area contributed by atoms with Gasteiger partial charge in [0.2, 0.25) is 0 Å². The monoisotopic (exact) mass is 723 g/mol. The number of benzene rings is 9. The van der Waals surface area contributed by atoms with Crippen LogP contribution in [0.1, 0.15) is 22.3 Å². The number of para-hydroxylation sites is 5. The van der Waals surface area contributed by atoms with Gasteiger partial charge in [0.1, 0.15) is 5.82 Å². The van der Waals surface area contributed by atoms with Crippen molar-refractivity contribution in [1.29, 1.82) is 0 Å². The molecule has 1 atom stereocenters. The first kappa shape index (κ1) is 30.8. The molecule has 2 aliphatic rings. The fourth-order valence-corrected chi connectivity index (χ4v) is 10.5. The van der Waals surface area contributed by atoms with Crippen molar-refractivity contribution in [3.8, 4) is 45.0 Å². The molecule has 1 aliphatic carbocycles. The van der Waals surface area contributed by atoms with Gasteiger partial charge in [0.25, 0.3) is 0 Å². The Hall–Kier alpha value is -7.49. The van der Waals surface area contributed by atoms with Crippen molar-refractivity contribution >= 4 is 43.6 Å². The van der Waals surface area contributed by atoms with Gasteiger partial charge in [-0.1, -0.05) is 164 Å². The summed E-state index contributed by atoms with van der Waals surface area (Å²) in [5, 5.41) is 5.01. The first-order chi connectivity index (χ1) is 28.3. The molecule has 0 saturated carbocycles. The first-order valence-corrected chi connectivity index (χ1v) is 19.7. The smallest absolute Gasteiger partial charge is 0.145 e. The van der Waals surface area contributed by atoms with Crippen molar-refractivity contribution < 1.29 is 0 Å². The van der Waals surface area contributed by atoms with Crippen molar-refractivity contribution in [2.45, 2.75) is 5.41 Å². The molecule has 1 unspecified atom stereocenters. The van der Waals surface area contributed by atoms with E-state index in [4.69, 9.17) is 4.98 Å². The molecule has 11 aromatic rings. The molecule has 0 N–H and O–H groups in total. The number of rotatable bonds is 3. The van der Waals surface area contributed by atoms with Gasteiger partial charge >= 0.3 is 0 Å². The minimum atomic E-state index is -0.522. The summed E-state index contributed by atoms with van der Waals surface area (Å²) in [5.41, 5.74) is 17.8. The number of fused-ring (bicyclic) bond motifs is 14. The maximum absolute atomic E-state index is 5.24. The third-order valence-corrected chi connectivity index (χ3v) is 12.7. The van der Waals surface area contributed by atoms with Crippen molar-refractivity contribution in [2.24, 2.45) is 0 Å². The van der Waals surface area contributed by atoms with Gasteiger partial charge in [0.05, 0.1) is 33.2 Å². The second kappa shape index (κ2) is 11.3. The second-order valence-corrected chi connectivity index (χ2v) is 15.5. The number of nitrogens with zero attached hydrogens (tertiary/aromatic N) is 3. The minimum absolute atomic E-state index is 0.522. The topological polar surface area (TPSA) is 22.8 Å². The van der Waals surface area contributed by atoms with Crippen LogP contribution in [0.2, 0.25) is 0 Å². The van der Waals surface area contributed by atoms with Crippen LogP contribution in [0.15, 0.2) is 200 Å². The molecule has 0 amide bonds. The van der Waals surface area contributed by atoms with Crippen LogP contribution in [-0.4, -0.2) is 14.1 Å². The number of aromatic nitrogens is 3. The largest absolute Gasteiger partial charge is 0.309 e. The van der Waals surface area contributed by atoms with Gasteiger partial charge in [-0.05, 0) is 91.7 Å². The Morgan fingerprint density at radius 3 is 1.96 bits per heavy atom. The fourth-order valence-electron chi connectivity index (χ4n) is 10.5. The molecule has 0 bridgehead atoms. The van der Waals surface area contributed by atoms with Crippen molar-refractivity contribution in [2.75, 3.05) is 0 Å². The van der Waals surface area contributed by atoms with Gasteiger partial charge < -0.3 is 4.57 Å². The molecule has 264 valence electrons. The van der Waals surface area contributed by atoms with E-state index in [1.807, 2.05) is 0 Å². The quantitative estimate of drug-likeness (QED) is 0.178. The standard InChI is InChI=1S/C54H33N3/c1-2-14-37-33-38(32-31-34(37)13-1)56-50-26-10-7-23-47(50)55-53(56)36-29-27-35(28-30-36)39-17-11-18-42-40-15-3-5-20-44(40)54(51(39)42)45-21-6-9-25-49(45)57-48-24-8-4-16-41(48)43-19-12-22-46(54)52(43)57/h1-33H. The molecule has 3 nitrogen and oxygen atoms in total. The highest BCUT2D eigenvalue weighted by atomic mass is 15.1. The Morgan fingerprint density at radius 1 is 0.404 bits per heavy atom. The SMILES string of the molecule is c1ccc2c(c1)-c1cccc(-c3ccc(-c4nc5ccccc5n4-c4ccc5ccccc5c4)cc3)c1C21c2ccccc2-n2c3ccccc3c3cccc1c32. The van der Waals surface area contributed by atoms with E-state index in [0.29, 0.717) is 0 Å². The Morgan fingerprint density at radius 2 is 1.05 bits per heavy atom. The second-order valence-electron chi connectivity index (χ2n) is 15.5. The van der Waals surface area contributed by atoms with E-state index in [2.05, 4.69) is 209 Å². The molecule has 3 heterocycles. The summed E-state index contributed by atoms with van der Waals surface area (Å²) in [4.78, 5) is 5.24. The summed E-state index contributed by atoms with van der Waals surface area (Å²) >= 11 is 0. The molecule has 0 saturated heterocycles. The third-order valence-electron chi connectivity index (χ3n) is 12.7. The summed E-state index contributed by atoms with van der Waals surface area (Å²) in [6.07, 6.45) is 0. The fraction of sp³-hybridized carbons (Fsp3) is 0.0185. The highest BCUT2D eigenvalue weighted by Gasteiger charge is 2.51. The van der Waals surface area contributed by atoms with Gasteiger partial charge in [-0.3, -0.25) is 4.57 Å². The normalized spacial score (nSPS) is 15.1. The molecular formula is C54H33N3. The third kappa shape index (κ3) is 3.97. The molecule has 3 heteroatoms. The lowest BCUT2D eigenvalue weighted by atomic mass is 9.64. The lowest BCUT2D eigenvalue weighted by Crippen LogP contribution is -2.34. The average Bonchev–Trinajstić information content (AvgIpc) is 3.93. The highest BCUT2D eigenvalue weighted by Crippen LogP contribution is 2.62. The molecule has 0 radical (unpaired) electrons. The zero-order valence-corrected chi connectivity index (χ0v) is 30.9. The molecular weight excluding hydrogens is 691 g/mol. The maximum Gasteiger partial charge on any atom is 0.145 e. The Balaban J connectivity index is 1.05. The number of imidazole rings is 1. The van der Waals surface area contributed by atoms with E-state index in [0.717, 1.165) is 28.1 Å². The molecule has 0 fully saturated rings. The van der Waals surface area contributed by atoms with Crippen LogP contribution < -0.4 is 0 Å². The molecule has 13 rings (SSSR count). The Kier molecular flexibility index (Phi) is 6.10. The van der Waals surface area contributed by atoms with Crippen LogP contribution in [0.3, 0.4) is 0 Å². The van der Waals surface area contributed by atoms with Crippen LogP contribution in [0, 0.1) is 0 Å². The highest BCUT2D eigenvalue weighted by molar-refractivity contribution is 6.13. The molecule has 1 aliphatic heterocycles. The Bertz CT molecular complexity index is 3470. The van der Waals surface area contributed by atoms with Gasteiger partial charge in [0, 0.05) is 22.0 Å². The number of hydrogen-bond acceptors (Lipinski definition) is 1. The van der Waals surface area contributed by atoms with Gasteiger partial charge in [-0.2, -0.15) is 0 Å². The summed E-state index contributed by atoms with van der Waals surface area (Å²) in [5.74, 6) is 0.931. The Labute approximate surface area is 329 Å². The van der Waals surface area contributed by atoms with E-state index in [1.54, 1.807) is 0 Å². The van der Waals surface area contributed by atoms with Crippen LogP contribution in [0.25, 0.3) is 88.6 Å². The lowest BCUT2D eigenvalue weighted by Gasteiger charge is -2.40. The van der Waals surface area contributed by atoms with Gasteiger partial charge in [-0.15, -0.1) is 0 Å². The zero-order chi connectivity index (χ0) is 37.2. The predicted molar refractivity (Wildman–Crippen MR) is 235 cm³/mol. The van der Waals surface area contributed by atoms with Crippen LogP contribution in [0.5, 0.6) is 0 Å². The maximum atomic E-state index is 5.24. The van der Waals surface area contributed by atoms with Crippen molar-refractivity contribution in [1.82, 2.24) is 14.1 Å². The summed E-state index contributed by atoms with van der Waals surface area (Å²) in [7, 11) is 0. The van der Waals surface area contributed by atoms with Crippen molar-refractivity contribution in [3.05, 3.63) is 222 Å². The van der Waals surface area contributed by atoms with Crippen LogP contribution in [-0.2, 0) is 5.41 Å². The lowest BCUT2D eigenvalue weighted by molar-refractivity contribution is 0.750. The van der Waals surface area contributed by atoms with Gasteiger partial charge in [-0.25, -0.2) is 4.98 Å². The van der Waals surface area contributed by atoms with E-state index >= 15 is 0 Å². The predicted octanol–water partition coefficient (Wildman–Crippen LogP) is 13.3. The first-order valence-electron chi connectivity index (χ1n) is 19.7.